The van der Waals surface area contributed by atoms with Gasteiger partial charge < -0.3 is 11.1 Å². The van der Waals surface area contributed by atoms with Gasteiger partial charge in [-0.3, -0.25) is 4.79 Å². The molecule has 0 aliphatic carbocycles. The second kappa shape index (κ2) is 5.58. The Morgan fingerprint density at radius 2 is 1.90 bits per heavy atom. The van der Waals surface area contributed by atoms with Crippen molar-refractivity contribution < 1.29 is 13.6 Å². The minimum absolute atomic E-state index is 0.158. The number of anilines is 2. The molecule has 0 fully saturated rings. The van der Waals surface area contributed by atoms with Gasteiger partial charge in [0, 0.05) is 16.1 Å². The molecule has 0 aliphatic rings. The summed E-state index contributed by atoms with van der Waals surface area (Å²) in [6.07, 6.45) is 0. The topological polar surface area (TPSA) is 55.1 Å². The standard InChI is InChI=1S/C14H11BrF2N2O/c1-7-4-8(2-3-9(7)15)14(20)19-13-6-12(18)10(16)5-11(13)17/h2-6H,18H2,1H3,(H,19,20). The molecule has 0 bridgehead atoms. The lowest BCUT2D eigenvalue weighted by molar-refractivity contribution is 0.102. The second-order valence-electron chi connectivity index (χ2n) is 4.27. The smallest absolute Gasteiger partial charge is 0.255 e. The van der Waals surface area contributed by atoms with E-state index in [1.807, 2.05) is 6.92 Å². The van der Waals surface area contributed by atoms with Crippen molar-refractivity contribution in [3.63, 3.8) is 0 Å². The van der Waals surface area contributed by atoms with Gasteiger partial charge in [-0.25, -0.2) is 8.78 Å². The highest BCUT2D eigenvalue weighted by atomic mass is 79.9. The van der Waals surface area contributed by atoms with E-state index in [0.29, 0.717) is 11.6 Å². The summed E-state index contributed by atoms with van der Waals surface area (Å²) in [4.78, 5) is 12.0. The van der Waals surface area contributed by atoms with E-state index in [-0.39, 0.29) is 11.4 Å². The molecule has 0 saturated heterocycles. The quantitative estimate of drug-likeness (QED) is 0.815. The van der Waals surface area contributed by atoms with Crippen LogP contribution in [0.5, 0.6) is 0 Å². The fourth-order valence-corrected chi connectivity index (χ4v) is 1.89. The van der Waals surface area contributed by atoms with Crippen molar-refractivity contribution in [2.24, 2.45) is 0 Å². The van der Waals surface area contributed by atoms with Crippen molar-refractivity contribution in [3.8, 4) is 0 Å². The molecule has 0 unspecified atom stereocenters. The Balaban J connectivity index is 2.27. The number of nitrogens with two attached hydrogens (primary N) is 1. The Hall–Kier alpha value is -1.95. The van der Waals surface area contributed by atoms with Crippen LogP contribution in [-0.4, -0.2) is 5.91 Å². The van der Waals surface area contributed by atoms with Crippen molar-refractivity contribution >= 4 is 33.2 Å². The van der Waals surface area contributed by atoms with Gasteiger partial charge in [0.05, 0.1) is 11.4 Å². The molecular formula is C14H11BrF2N2O. The monoisotopic (exact) mass is 340 g/mol. The number of hydrogen-bond acceptors (Lipinski definition) is 2. The summed E-state index contributed by atoms with van der Waals surface area (Å²) in [7, 11) is 0. The second-order valence-corrected chi connectivity index (χ2v) is 5.13. The predicted molar refractivity (Wildman–Crippen MR) is 77.6 cm³/mol. The molecule has 0 atom stereocenters. The van der Waals surface area contributed by atoms with Crippen molar-refractivity contribution in [1.82, 2.24) is 0 Å². The summed E-state index contributed by atoms with van der Waals surface area (Å²) in [6, 6.07) is 6.66. The van der Waals surface area contributed by atoms with Gasteiger partial charge in [-0.15, -0.1) is 0 Å². The zero-order valence-electron chi connectivity index (χ0n) is 10.5. The average molecular weight is 341 g/mol. The number of halogens is 3. The molecule has 0 saturated carbocycles. The van der Waals surface area contributed by atoms with Crippen LogP contribution in [0.15, 0.2) is 34.8 Å². The van der Waals surface area contributed by atoms with Crippen molar-refractivity contribution in [2.75, 3.05) is 11.1 Å². The molecule has 0 spiro atoms. The molecule has 2 aromatic rings. The number of carbonyl (C=O) groups excluding carboxylic acids is 1. The minimum atomic E-state index is -0.876. The van der Waals surface area contributed by atoms with Crippen LogP contribution in [0.2, 0.25) is 0 Å². The highest BCUT2D eigenvalue weighted by Gasteiger charge is 2.12. The van der Waals surface area contributed by atoms with E-state index in [9.17, 15) is 13.6 Å². The molecule has 1 amide bonds. The first-order chi connectivity index (χ1) is 9.38. The molecule has 104 valence electrons. The summed E-state index contributed by atoms with van der Waals surface area (Å²) in [5.41, 5.74) is 6.20. The van der Waals surface area contributed by atoms with Crippen molar-refractivity contribution in [2.45, 2.75) is 6.92 Å². The molecule has 3 N–H and O–H groups in total. The van der Waals surface area contributed by atoms with Crippen LogP contribution < -0.4 is 11.1 Å². The predicted octanol–water partition coefficient (Wildman–Crippen LogP) is 3.87. The van der Waals surface area contributed by atoms with Crippen LogP contribution in [0.4, 0.5) is 20.2 Å². The first kappa shape index (κ1) is 14.5. The molecule has 0 aromatic heterocycles. The number of hydrogen-bond donors (Lipinski definition) is 2. The first-order valence-corrected chi connectivity index (χ1v) is 6.50. The summed E-state index contributed by atoms with van der Waals surface area (Å²) in [5.74, 6) is -2.23. The van der Waals surface area contributed by atoms with E-state index in [2.05, 4.69) is 21.2 Å². The molecule has 2 rings (SSSR count). The molecule has 3 nitrogen and oxygen atoms in total. The fraction of sp³-hybridized carbons (Fsp3) is 0.0714. The van der Waals surface area contributed by atoms with Crippen LogP contribution in [-0.2, 0) is 0 Å². The Bertz CT molecular complexity index is 689. The molecule has 20 heavy (non-hydrogen) atoms. The summed E-state index contributed by atoms with van der Waals surface area (Å²) in [5, 5.41) is 2.37. The van der Waals surface area contributed by atoms with Gasteiger partial charge in [0.15, 0.2) is 0 Å². The Labute approximate surface area is 122 Å². The lowest BCUT2D eigenvalue weighted by atomic mass is 10.1. The SMILES string of the molecule is Cc1cc(C(=O)Nc2cc(N)c(F)cc2F)ccc1Br. The van der Waals surface area contributed by atoms with Crippen LogP contribution >= 0.6 is 15.9 Å². The third kappa shape index (κ3) is 2.96. The van der Waals surface area contributed by atoms with E-state index >= 15 is 0 Å². The van der Waals surface area contributed by atoms with Gasteiger partial charge >= 0.3 is 0 Å². The maximum Gasteiger partial charge on any atom is 0.255 e. The van der Waals surface area contributed by atoms with Crippen molar-refractivity contribution in [1.29, 1.82) is 0 Å². The maximum absolute atomic E-state index is 13.5. The number of rotatable bonds is 2. The number of nitrogen functional groups attached to an aromatic ring is 1. The Morgan fingerprint density at radius 1 is 1.20 bits per heavy atom. The molecule has 0 radical (unpaired) electrons. The van der Waals surface area contributed by atoms with Crippen LogP contribution in [0.3, 0.4) is 0 Å². The largest absolute Gasteiger partial charge is 0.396 e. The van der Waals surface area contributed by atoms with Gasteiger partial charge in [0.1, 0.15) is 11.6 Å². The number of benzene rings is 2. The average Bonchev–Trinajstić information content (AvgIpc) is 2.39. The fourth-order valence-electron chi connectivity index (χ4n) is 1.64. The molecule has 0 aliphatic heterocycles. The summed E-state index contributed by atoms with van der Waals surface area (Å²) in [6.45, 7) is 1.83. The summed E-state index contributed by atoms with van der Waals surface area (Å²) >= 11 is 3.32. The molecule has 6 heteroatoms. The third-order valence-electron chi connectivity index (χ3n) is 2.75. The van der Waals surface area contributed by atoms with E-state index in [1.54, 1.807) is 18.2 Å². The van der Waals surface area contributed by atoms with Gasteiger partial charge in [0.25, 0.3) is 5.91 Å². The van der Waals surface area contributed by atoms with Crippen molar-refractivity contribution in [3.05, 3.63) is 57.6 Å². The first-order valence-electron chi connectivity index (χ1n) is 5.70. The highest BCUT2D eigenvalue weighted by molar-refractivity contribution is 9.10. The Kier molecular flexibility index (Phi) is 4.04. The number of aryl methyl sites for hydroxylation is 1. The minimum Gasteiger partial charge on any atom is -0.396 e. The van der Waals surface area contributed by atoms with Crippen LogP contribution in [0, 0.1) is 18.6 Å². The van der Waals surface area contributed by atoms with E-state index < -0.39 is 17.5 Å². The van der Waals surface area contributed by atoms with Crippen LogP contribution in [0.1, 0.15) is 15.9 Å². The lowest BCUT2D eigenvalue weighted by Gasteiger charge is -2.09. The van der Waals surface area contributed by atoms with Gasteiger partial charge in [-0.1, -0.05) is 15.9 Å². The zero-order chi connectivity index (χ0) is 14.9. The number of nitrogens with one attached hydrogen (secondary N) is 1. The maximum atomic E-state index is 13.5. The number of amides is 1. The molecule has 0 heterocycles. The molecule has 2 aromatic carbocycles. The van der Waals surface area contributed by atoms with Crippen LogP contribution in [0.25, 0.3) is 0 Å². The Morgan fingerprint density at radius 3 is 2.55 bits per heavy atom. The summed E-state index contributed by atoms with van der Waals surface area (Å²) < 4.78 is 27.4. The normalized spacial score (nSPS) is 10.4. The van der Waals surface area contributed by atoms with E-state index in [1.165, 1.54) is 0 Å². The molecular weight excluding hydrogens is 330 g/mol. The third-order valence-corrected chi connectivity index (χ3v) is 3.64. The highest BCUT2D eigenvalue weighted by Crippen LogP contribution is 2.22. The van der Waals surface area contributed by atoms with E-state index in [4.69, 9.17) is 5.73 Å². The van der Waals surface area contributed by atoms with Gasteiger partial charge in [0.2, 0.25) is 0 Å². The zero-order valence-corrected chi connectivity index (χ0v) is 12.1. The number of carbonyl (C=O) groups is 1. The van der Waals surface area contributed by atoms with E-state index in [0.717, 1.165) is 16.1 Å². The lowest BCUT2D eigenvalue weighted by Crippen LogP contribution is -2.13. The van der Waals surface area contributed by atoms with Gasteiger partial charge in [-0.05, 0) is 36.8 Å². The van der Waals surface area contributed by atoms with Gasteiger partial charge in [-0.2, -0.15) is 0 Å².